The maximum Gasteiger partial charge on any atom is 0.326 e. The Labute approximate surface area is 121 Å². The van der Waals surface area contributed by atoms with Crippen LogP contribution in [0.25, 0.3) is 0 Å². The number of thioether (sulfide) groups is 1. The van der Waals surface area contributed by atoms with Gasteiger partial charge >= 0.3 is 5.97 Å². The van der Waals surface area contributed by atoms with Crippen LogP contribution in [0.5, 0.6) is 0 Å². The lowest BCUT2D eigenvalue weighted by molar-refractivity contribution is -0.143. The van der Waals surface area contributed by atoms with Crippen molar-refractivity contribution in [1.29, 1.82) is 0 Å². The van der Waals surface area contributed by atoms with Crippen molar-refractivity contribution in [3.05, 3.63) is 22.4 Å². The molecule has 6 heteroatoms. The van der Waals surface area contributed by atoms with Crippen LogP contribution in [0.3, 0.4) is 0 Å². The largest absolute Gasteiger partial charge is 0.480 e. The van der Waals surface area contributed by atoms with Crippen molar-refractivity contribution in [2.45, 2.75) is 32.1 Å². The number of carboxylic acids is 1. The van der Waals surface area contributed by atoms with Gasteiger partial charge in [0.1, 0.15) is 6.04 Å². The lowest BCUT2D eigenvalue weighted by Crippen LogP contribution is -2.45. The van der Waals surface area contributed by atoms with Crippen LogP contribution in [0.1, 0.15) is 25.1 Å². The Bertz CT molecular complexity index is 406. The van der Waals surface area contributed by atoms with E-state index < -0.39 is 12.0 Å². The first-order valence-electron chi connectivity index (χ1n) is 6.16. The summed E-state index contributed by atoms with van der Waals surface area (Å²) in [4.78, 5) is 24.0. The number of nitrogens with one attached hydrogen (secondary N) is 1. The van der Waals surface area contributed by atoms with Crippen molar-refractivity contribution >= 4 is 35.0 Å². The average molecular weight is 301 g/mol. The van der Waals surface area contributed by atoms with E-state index in [1.165, 1.54) is 16.6 Å². The molecule has 0 aromatic carbocycles. The third-order valence-corrected chi connectivity index (χ3v) is 4.89. The van der Waals surface area contributed by atoms with E-state index in [9.17, 15) is 9.59 Å². The molecule has 0 aliphatic heterocycles. The van der Waals surface area contributed by atoms with E-state index in [4.69, 9.17) is 5.11 Å². The minimum atomic E-state index is -0.967. The third-order valence-electron chi connectivity index (χ3n) is 2.85. The van der Waals surface area contributed by atoms with Crippen LogP contribution >= 0.6 is 23.1 Å². The summed E-state index contributed by atoms with van der Waals surface area (Å²) in [6, 6.07) is 3.21. The Morgan fingerprint density at radius 3 is 2.79 bits per heavy atom. The first kappa shape index (κ1) is 16.0. The molecule has 106 valence electrons. The molecule has 0 saturated carbocycles. The molecule has 0 radical (unpaired) electrons. The van der Waals surface area contributed by atoms with Gasteiger partial charge in [-0.3, -0.25) is 4.79 Å². The van der Waals surface area contributed by atoms with Crippen LogP contribution in [0.4, 0.5) is 0 Å². The molecule has 0 aliphatic carbocycles. The highest BCUT2D eigenvalue weighted by atomic mass is 32.2. The third kappa shape index (κ3) is 5.65. The molecular weight excluding hydrogens is 282 g/mol. The maximum absolute atomic E-state index is 11.7. The van der Waals surface area contributed by atoms with Crippen molar-refractivity contribution in [3.8, 4) is 0 Å². The number of thiophene rings is 1. The molecule has 4 nitrogen and oxygen atoms in total. The summed E-state index contributed by atoms with van der Waals surface area (Å²) in [6.45, 7) is 3.75. The summed E-state index contributed by atoms with van der Waals surface area (Å²) in [6.07, 6.45) is 0.722. The van der Waals surface area contributed by atoms with E-state index in [1.807, 2.05) is 31.4 Å². The maximum atomic E-state index is 11.7. The highest BCUT2D eigenvalue weighted by Crippen LogP contribution is 2.17. The highest BCUT2D eigenvalue weighted by molar-refractivity contribution is 7.99. The van der Waals surface area contributed by atoms with E-state index in [-0.39, 0.29) is 17.6 Å². The summed E-state index contributed by atoms with van der Waals surface area (Å²) in [5.41, 5.74) is 0. The number of carbonyl (C=O) groups excluding carboxylic acids is 1. The molecule has 1 heterocycles. The SMILES string of the molecule is CCC(C)[C@H](NC(=O)CSCc1cccs1)C(=O)O. The smallest absolute Gasteiger partial charge is 0.326 e. The van der Waals surface area contributed by atoms with Crippen LogP contribution in [-0.2, 0) is 15.3 Å². The Hall–Kier alpha value is -1.01. The zero-order valence-corrected chi connectivity index (χ0v) is 12.7. The topological polar surface area (TPSA) is 66.4 Å². The molecule has 1 aromatic rings. The fourth-order valence-corrected chi connectivity index (χ4v) is 3.22. The molecule has 2 atom stereocenters. The molecule has 1 amide bonds. The Morgan fingerprint density at radius 1 is 1.53 bits per heavy atom. The van der Waals surface area contributed by atoms with Gasteiger partial charge in [-0.25, -0.2) is 4.79 Å². The number of rotatable bonds is 8. The number of aliphatic carboxylic acids is 1. The number of hydrogen-bond acceptors (Lipinski definition) is 4. The normalized spacial score (nSPS) is 13.8. The molecule has 1 aromatic heterocycles. The first-order valence-corrected chi connectivity index (χ1v) is 8.20. The first-order chi connectivity index (χ1) is 9.04. The predicted octanol–water partition coefficient (Wildman–Crippen LogP) is 2.60. The molecule has 1 rings (SSSR count). The Morgan fingerprint density at radius 2 is 2.26 bits per heavy atom. The van der Waals surface area contributed by atoms with E-state index in [2.05, 4.69) is 5.32 Å². The van der Waals surface area contributed by atoms with E-state index in [0.717, 1.165) is 12.2 Å². The molecule has 0 bridgehead atoms. The van der Waals surface area contributed by atoms with Gasteiger partial charge < -0.3 is 10.4 Å². The van der Waals surface area contributed by atoms with Gasteiger partial charge in [-0.2, -0.15) is 0 Å². The zero-order valence-electron chi connectivity index (χ0n) is 11.1. The molecule has 0 saturated heterocycles. The molecule has 2 N–H and O–H groups in total. The average Bonchev–Trinajstić information content (AvgIpc) is 2.87. The Kier molecular flexibility index (Phi) is 6.94. The quantitative estimate of drug-likeness (QED) is 0.774. The fraction of sp³-hybridized carbons (Fsp3) is 0.538. The number of amides is 1. The molecular formula is C13H19NO3S2. The molecule has 1 unspecified atom stereocenters. The monoisotopic (exact) mass is 301 g/mol. The summed E-state index contributed by atoms with van der Waals surface area (Å²) in [5.74, 6) is -0.173. The summed E-state index contributed by atoms with van der Waals surface area (Å²) < 4.78 is 0. The van der Waals surface area contributed by atoms with Crippen molar-refractivity contribution in [2.75, 3.05) is 5.75 Å². The van der Waals surface area contributed by atoms with Crippen LogP contribution < -0.4 is 5.32 Å². The van der Waals surface area contributed by atoms with Crippen molar-refractivity contribution in [1.82, 2.24) is 5.32 Å². The highest BCUT2D eigenvalue weighted by Gasteiger charge is 2.24. The van der Waals surface area contributed by atoms with Gasteiger partial charge in [0.2, 0.25) is 5.91 Å². The minimum absolute atomic E-state index is 0.0660. The van der Waals surface area contributed by atoms with Gasteiger partial charge in [0, 0.05) is 10.6 Å². The molecule has 0 aliphatic rings. The van der Waals surface area contributed by atoms with Crippen LogP contribution in [-0.4, -0.2) is 28.8 Å². The molecule has 19 heavy (non-hydrogen) atoms. The van der Waals surface area contributed by atoms with E-state index >= 15 is 0 Å². The standard InChI is InChI=1S/C13H19NO3S2/c1-3-9(2)12(13(16)17)14-11(15)8-18-7-10-5-4-6-19-10/h4-6,9,12H,3,7-8H2,1-2H3,(H,14,15)(H,16,17)/t9?,12-/m0/s1. The predicted molar refractivity (Wildman–Crippen MR) is 79.5 cm³/mol. The van der Waals surface area contributed by atoms with Gasteiger partial charge in [0.15, 0.2) is 0 Å². The van der Waals surface area contributed by atoms with Crippen molar-refractivity contribution in [3.63, 3.8) is 0 Å². The second kappa shape index (κ2) is 8.22. The fourth-order valence-electron chi connectivity index (χ4n) is 1.54. The van der Waals surface area contributed by atoms with Crippen LogP contribution in [0.2, 0.25) is 0 Å². The van der Waals surface area contributed by atoms with E-state index in [0.29, 0.717) is 0 Å². The zero-order chi connectivity index (χ0) is 14.3. The van der Waals surface area contributed by atoms with Gasteiger partial charge in [0.05, 0.1) is 5.75 Å². The van der Waals surface area contributed by atoms with Gasteiger partial charge in [-0.1, -0.05) is 26.3 Å². The van der Waals surface area contributed by atoms with Crippen LogP contribution in [0.15, 0.2) is 17.5 Å². The summed E-state index contributed by atoms with van der Waals surface area (Å²) >= 11 is 3.15. The van der Waals surface area contributed by atoms with Gasteiger partial charge in [-0.05, 0) is 17.4 Å². The van der Waals surface area contributed by atoms with Gasteiger partial charge in [-0.15, -0.1) is 23.1 Å². The molecule has 0 spiro atoms. The van der Waals surface area contributed by atoms with Crippen molar-refractivity contribution < 1.29 is 14.7 Å². The number of hydrogen-bond donors (Lipinski definition) is 2. The summed E-state index contributed by atoms with van der Waals surface area (Å²) in [7, 11) is 0. The van der Waals surface area contributed by atoms with E-state index in [1.54, 1.807) is 11.3 Å². The lowest BCUT2D eigenvalue weighted by atomic mass is 9.99. The van der Waals surface area contributed by atoms with Crippen molar-refractivity contribution in [2.24, 2.45) is 5.92 Å². The number of carbonyl (C=O) groups is 2. The van der Waals surface area contributed by atoms with Gasteiger partial charge in [0.25, 0.3) is 0 Å². The Balaban J connectivity index is 2.34. The summed E-state index contributed by atoms with van der Waals surface area (Å²) in [5, 5.41) is 13.7. The number of carboxylic acid groups (broad SMARTS) is 1. The lowest BCUT2D eigenvalue weighted by Gasteiger charge is -2.19. The second-order valence-corrected chi connectivity index (χ2v) is 6.36. The molecule has 0 fully saturated rings. The second-order valence-electron chi connectivity index (χ2n) is 4.34. The van der Waals surface area contributed by atoms with Crippen LogP contribution in [0, 0.1) is 5.92 Å². The minimum Gasteiger partial charge on any atom is -0.480 e.